The largest absolute Gasteiger partial charge is 0.205 e. The SMILES string of the molecule is Fc1cc(C2CC2)ccc1Cl. The van der Waals surface area contributed by atoms with Crippen LogP contribution >= 0.6 is 11.6 Å². The van der Waals surface area contributed by atoms with E-state index in [0.717, 1.165) is 5.56 Å². The highest BCUT2D eigenvalue weighted by Gasteiger charge is 2.23. The Morgan fingerprint density at radius 3 is 2.64 bits per heavy atom. The summed E-state index contributed by atoms with van der Waals surface area (Å²) in [5.41, 5.74) is 1.09. The Hall–Kier alpha value is -0.560. The molecule has 0 atom stereocenters. The van der Waals surface area contributed by atoms with Crippen LogP contribution in [-0.4, -0.2) is 0 Å². The molecule has 1 aromatic carbocycles. The van der Waals surface area contributed by atoms with Crippen LogP contribution in [0.25, 0.3) is 0 Å². The van der Waals surface area contributed by atoms with Crippen molar-refractivity contribution in [1.82, 2.24) is 0 Å². The molecule has 2 heteroatoms. The van der Waals surface area contributed by atoms with Gasteiger partial charge in [-0.05, 0) is 36.5 Å². The lowest BCUT2D eigenvalue weighted by Crippen LogP contribution is -1.82. The van der Waals surface area contributed by atoms with Crippen molar-refractivity contribution in [3.05, 3.63) is 34.6 Å². The summed E-state index contributed by atoms with van der Waals surface area (Å²) in [5, 5.41) is 0.217. The molecule has 0 aliphatic heterocycles. The summed E-state index contributed by atoms with van der Waals surface area (Å²) in [7, 11) is 0. The molecule has 1 aliphatic rings. The summed E-state index contributed by atoms with van der Waals surface area (Å²) in [6, 6.07) is 5.08. The van der Waals surface area contributed by atoms with Gasteiger partial charge in [0.2, 0.25) is 0 Å². The molecule has 2 rings (SSSR count). The van der Waals surface area contributed by atoms with Gasteiger partial charge in [-0.25, -0.2) is 4.39 Å². The first-order valence-electron chi connectivity index (χ1n) is 3.72. The molecule has 1 fully saturated rings. The fourth-order valence-corrected chi connectivity index (χ4v) is 1.30. The van der Waals surface area contributed by atoms with E-state index in [0.29, 0.717) is 5.92 Å². The third-order valence-electron chi connectivity index (χ3n) is 1.99. The molecule has 11 heavy (non-hydrogen) atoms. The first-order chi connectivity index (χ1) is 5.27. The molecular formula is C9H8ClF. The lowest BCUT2D eigenvalue weighted by Gasteiger charge is -1.98. The quantitative estimate of drug-likeness (QED) is 0.607. The van der Waals surface area contributed by atoms with Crippen LogP contribution in [0.1, 0.15) is 24.3 Å². The van der Waals surface area contributed by atoms with Gasteiger partial charge in [0.1, 0.15) is 5.82 Å². The van der Waals surface area contributed by atoms with Gasteiger partial charge in [-0.2, -0.15) is 0 Å². The summed E-state index contributed by atoms with van der Waals surface area (Å²) in [5.74, 6) is 0.304. The van der Waals surface area contributed by atoms with E-state index in [1.165, 1.54) is 12.8 Å². The number of hydrogen-bond donors (Lipinski definition) is 0. The second-order valence-corrected chi connectivity index (χ2v) is 3.36. The van der Waals surface area contributed by atoms with Crippen molar-refractivity contribution in [3.8, 4) is 0 Å². The molecule has 58 valence electrons. The molecule has 0 heterocycles. The van der Waals surface area contributed by atoms with Crippen LogP contribution in [0.5, 0.6) is 0 Å². The molecule has 0 spiro atoms. The van der Waals surface area contributed by atoms with E-state index >= 15 is 0 Å². The number of halogens is 2. The molecule has 0 aromatic heterocycles. The first-order valence-corrected chi connectivity index (χ1v) is 4.10. The van der Waals surface area contributed by atoms with Gasteiger partial charge in [-0.3, -0.25) is 0 Å². The van der Waals surface area contributed by atoms with Crippen LogP contribution in [0.4, 0.5) is 4.39 Å². The summed E-state index contributed by atoms with van der Waals surface area (Å²) < 4.78 is 12.8. The van der Waals surface area contributed by atoms with Crippen molar-refractivity contribution in [2.24, 2.45) is 0 Å². The lowest BCUT2D eigenvalue weighted by molar-refractivity contribution is 0.626. The topological polar surface area (TPSA) is 0 Å². The molecule has 0 unspecified atom stereocenters. The predicted octanol–water partition coefficient (Wildman–Crippen LogP) is 3.36. The molecule has 0 amide bonds. The Morgan fingerprint density at radius 1 is 1.36 bits per heavy atom. The summed E-state index contributed by atoms with van der Waals surface area (Å²) >= 11 is 5.53. The zero-order valence-corrected chi connectivity index (χ0v) is 6.74. The first kappa shape index (κ1) is 7.11. The second-order valence-electron chi connectivity index (χ2n) is 2.95. The van der Waals surface area contributed by atoms with Gasteiger partial charge < -0.3 is 0 Å². The van der Waals surface area contributed by atoms with Crippen molar-refractivity contribution in [2.45, 2.75) is 18.8 Å². The fraction of sp³-hybridized carbons (Fsp3) is 0.333. The summed E-state index contributed by atoms with van der Waals surface area (Å²) in [6.07, 6.45) is 2.39. The normalized spacial score (nSPS) is 16.9. The zero-order chi connectivity index (χ0) is 7.84. The minimum atomic E-state index is -0.295. The molecule has 1 aromatic rings. The maximum atomic E-state index is 12.8. The number of benzene rings is 1. The van der Waals surface area contributed by atoms with Crippen LogP contribution in [0.3, 0.4) is 0 Å². The van der Waals surface area contributed by atoms with Crippen molar-refractivity contribution >= 4 is 11.6 Å². The second kappa shape index (κ2) is 2.49. The Bertz CT molecular complexity index is 279. The Balaban J connectivity index is 2.36. The summed E-state index contributed by atoms with van der Waals surface area (Å²) in [6.45, 7) is 0. The van der Waals surface area contributed by atoms with Gasteiger partial charge in [0, 0.05) is 0 Å². The molecule has 1 saturated carbocycles. The van der Waals surface area contributed by atoms with E-state index in [1.54, 1.807) is 12.1 Å². The number of rotatable bonds is 1. The van der Waals surface area contributed by atoms with Crippen LogP contribution < -0.4 is 0 Å². The van der Waals surface area contributed by atoms with Crippen LogP contribution in [0.15, 0.2) is 18.2 Å². The summed E-state index contributed by atoms with van der Waals surface area (Å²) in [4.78, 5) is 0. The van der Waals surface area contributed by atoms with E-state index in [1.807, 2.05) is 6.07 Å². The van der Waals surface area contributed by atoms with E-state index in [-0.39, 0.29) is 10.8 Å². The van der Waals surface area contributed by atoms with Crippen LogP contribution in [0, 0.1) is 5.82 Å². The lowest BCUT2D eigenvalue weighted by atomic mass is 10.1. The molecule has 0 bridgehead atoms. The van der Waals surface area contributed by atoms with E-state index in [9.17, 15) is 4.39 Å². The van der Waals surface area contributed by atoms with Gasteiger partial charge >= 0.3 is 0 Å². The molecule has 0 N–H and O–H groups in total. The maximum Gasteiger partial charge on any atom is 0.142 e. The smallest absolute Gasteiger partial charge is 0.142 e. The minimum Gasteiger partial charge on any atom is -0.205 e. The molecular weight excluding hydrogens is 163 g/mol. The third-order valence-corrected chi connectivity index (χ3v) is 2.30. The zero-order valence-electron chi connectivity index (χ0n) is 5.98. The standard InChI is InChI=1S/C9H8ClF/c10-8-4-3-7(5-9(8)11)6-1-2-6/h3-6H,1-2H2. The highest BCUT2D eigenvalue weighted by atomic mass is 35.5. The molecule has 0 saturated heterocycles. The minimum absolute atomic E-state index is 0.217. The van der Waals surface area contributed by atoms with Gasteiger partial charge in [-0.15, -0.1) is 0 Å². The van der Waals surface area contributed by atoms with Crippen molar-refractivity contribution in [2.75, 3.05) is 0 Å². The average molecular weight is 171 g/mol. The van der Waals surface area contributed by atoms with Crippen molar-refractivity contribution in [1.29, 1.82) is 0 Å². The van der Waals surface area contributed by atoms with Crippen molar-refractivity contribution in [3.63, 3.8) is 0 Å². The number of hydrogen-bond acceptors (Lipinski definition) is 0. The Morgan fingerprint density at radius 2 is 2.09 bits per heavy atom. The van der Waals surface area contributed by atoms with E-state index < -0.39 is 0 Å². The van der Waals surface area contributed by atoms with Gasteiger partial charge in [0.05, 0.1) is 5.02 Å². The van der Waals surface area contributed by atoms with E-state index in [2.05, 4.69) is 0 Å². The van der Waals surface area contributed by atoms with Crippen molar-refractivity contribution < 1.29 is 4.39 Å². The molecule has 0 nitrogen and oxygen atoms in total. The van der Waals surface area contributed by atoms with Crippen LogP contribution in [-0.2, 0) is 0 Å². The maximum absolute atomic E-state index is 12.8. The third kappa shape index (κ3) is 1.38. The molecule has 0 radical (unpaired) electrons. The van der Waals surface area contributed by atoms with Gasteiger partial charge in [0.15, 0.2) is 0 Å². The average Bonchev–Trinajstić information content (AvgIpc) is 2.77. The Labute approximate surface area is 70.0 Å². The van der Waals surface area contributed by atoms with Crippen LogP contribution in [0.2, 0.25) is 5.02 Å². The fourth-order valence-electron chi connectivity index (χ4n) is 1.18. The predicted molar refractivity (Wildman–Crippen MR) is 43.4 cm³/mol. The highest BCUT2D eigenvalue weighted by molar-refractivity contribution is 6.30. The highest BCUT2D eigenvalue weighted by Crippen LogP contribution is 2.40. The van der Waals surface area contributed by atoms with Gasteiger partial charge in [0.25, 0.3) is 0 Å². The molecule has 1 aliphatic carbocycles. The van der Waals surface area contributed by atoms with E-state index in [4.69, 9.17) is 11.6 Å². The Kier molecular flexibility index (Phi) is 1.61. The van der Waals surface area contributed by atoms with Gasteiger partial charge in [-0.1, -0.05) is 17.7 Å². The monoisotopic (exact) mass is 170 g/mol.